The molecule has 0 radical (unpaired) electrons. The number of furan rings is 1. The second-order valence-corrected chi connectivity index (χ2v) is 8.25. The van der Waals surface area contributed by atoms with Crippen LogP contribution in [-0.4, -0.2) is 22.8 Å². The lowest BCUT2D eigenvalue weighted by atomic mass is 9.46. The van der Waals surface area contributed by atoms with E-state index in [0.717, 1.165) is 5.57 Å². The number of aliphatic hydroxyl groups excluding tert-OH is 1. The van der Waals surface area contributed by atoms with Gasteiger partial charge in [0.15, 0.2) is 5.78 Å². The predicted molar refractivity (Wildman–Crippen MR) is 90.5 cm³/mol. The molecule has 0 aromatic carbocycles. The zero-order chi connectivity index (χ0) is 17.7. The first kappa shape index (κ1) is 17.2. The van der Waals surface area contributed by atoms with E-state index in [-0.39, 0.29) is 28.8 Å². The summed E-state index contributed by atoms with van der Waals surface area (Å²) in [6, 6.07) is 1.68. The summed E-state index contributed by atoms with van der Waals surface area (Å²) in [6.07, 6.45) is 4.39. The highest BCUT2D eigenvalue weighted by Crippen LogP contribution is 2.60. The minimum atomic E-state index is -0.581. The van der Waals surface area contributed by atoms with Gasteiger partial charge >= 0.3 is 0 Å². The van der Waals surface area contributed by atoms with Crippen LogP contribution in [0.3, 0.4) is 0 Å². The van der Waals surface area contributed by atoms with E-state index in [4.69, 9.17) is 4.42 Å². The average molecular weight is 330 g/mol. The summed E-state index contributed by atoms with van der Waals surface area (Å²) in [5.41, 5.74) is 0.610. The number of carbonyl (C=O) groups excluding carboxylic acids is 2. The van der Waals surface area contributed by atoms with Crippen LogP contribution < -0.4 is 0 Å². The van der Waals surface area contributed by atoms with Crippen molar-refractivity contribution < 1.29 is 19.1 Å². The summed E-state index contributed by atoms with van der Waals surface area (Å²) in [5.74, 6) is 0.0528. The second kappa shape index (κ2) is 5.69. The van der Waals surface area contributed by atoms with Crippen molar-refractivity contribution in [3.63, 3.8) is 0 Å². The van der Waals surface area contributed by atoms with Gasteiger partial charge in [-0.15, -0.1) is 0 Å². The van der Waals surface area contributed by atoms with Crippen molar-refractivity contribution in [2.75, 3.05) is 0 Å². The van der Waals surface area contributed by atoms with Crippen LogP contribution in [0.15, 0.2) is 35.2 Å². The van der Waals surface area contributed by atoms with E-state index >= 15 is 0 Å². The van der Waals surface area contributed by atoms with Gasteiger partial charge in [0.05, 0.1) is 17.9 Å². The van der Waals surface area contributed by atoms with Gasteiger partial charge in [0.2, 0.25) is 0 Å². The maximum atomic E-state index is 12.6. The minimum absolute atomic E-state index is 0.0272. The van der Waals surface area contributed by atoms with Crippen molar-refractivity contribution in [1.82, 2.24) is 0 Å². The number of Topliss-reactive ketones (excluding diaryl/α,β-unsaturated/α-hetero) is 2. The Bertz CT molecular complexity index is 670. The van der Waals surface area contributed by atoms with Gasteiger partial charge in [-0.05, 0) is 30.2 Å². The molecule has 0 unspecified atom stereocenters. The lowest BCUT2D eigenvalue weighted by Crippen LogP contribution is -2.58. The Morgan fingerprint density at radius 1 is 1.42 bits per heavy atom. The van der Waals surface area contributed by atoms with Gasteiger partial charge in [0.1, 0.15) is 12.0 Å². The summed E-state index contributed by atoms with van der Waals surface area (Å²) in [6.45, 7) is 10.1. The highest BCUT2D eigenvalue weighted by Gasteiger charge is 2.59. The van der Waals surface area contributed by atoms with Crippen molar-refractivity contribution in [3.05, 3.63) is 36.3 Å². The third kappa shape index (κ3) is 2.48. The number of ketones is 2. The van der Waals surface area contributed by atoms with Crippen LogP contribution in [-0.2, 0) is 4.79 Å². The summed E-state index contributed by atoms with van der Waals surface area (Å²) in [4.78, 5) is 25.1. The molecule has 0 amide bonds. The third-order valence-corrected chi connectivity index (χ3v) is 6.48. The molecular formula is C20H26O4. The molecule has 4 atom stereocenters. The molecule has 4 heteroatoms. The highest BCUT2D eigenvalue weighted by atomic mass is 16.3. The molecule has 1 heterocycles. The molecule has 1 aromatic rings. The van der Waals surface area contributed by atoms with Gasteiger partial charge in [-0.2, -0.15) is 0 Å². The van der Waals surface area contributed by atoms with Gasteiger partial charge < -0.3 is 9.52 Å². The van der Waals surface area contributed by atoms with Gasteiger partial charge in [0, 0.05) is 24.2 Å². The summed E-state index contributed by atoms with van der Waals surface area (Å²) >= 11 is 0. The molecule has 24 heavy (non-hydrogen) atoms. The quantitative estimate of drug-likeness (QED) is 0.676. The Morgan fingerprint density at radius 2 is 2.12 bits per heavy atom. The Labute approximate surface area is 142 Å². The smallest absolute Gasteiger partial charge is 0.166 e. The Kier molecular flexibility index (Phi) is 4.07. The fraction of sp³-hybridized carbons (Fsp3) is 0.600. The van der Waals surface area contributed by atoms with Gasteiger partial charge in [-0.25, -0.2) is 0 Å². The predicted octanol–water partition coefficient (Wildman–Crippen LogP) is 3.80. The number of rotatable bonds is 3. The van der Waals surface area contributed by atoms with Crippen LogP contribution >= 0.6 is 0 Å². The van der Waals surface area contributed by atoms with E-state index in [1.807, 2.05) is 13.8 Å². The van der Waals surface area contributed by atoms with E-state index in [1.165, 1.54) is 12.5 Å². The highest BCUT2D eigenvalue weighted by molar-refractivity contribution is 5.96. The van der Waals surface area contributed by atoms with E-state index in [9.17, 15) is 14.7 Å². The minimum Gasteiger partial charge on any atom is -0.472 e. The molecule has 0 bridgehead atoms. The standard InChI is InChI=1S/C20H26O4/c1-12-9-16(22)18-19(2,3)17(23)5-7-20(18,4)14(12)10-15(21)13-6-8-24-11-13/h6,8,11,14,16,18,22H,1,5,7,9-10H2,2-4H3/t14-,16+,18-,20+/m0/s1. The van der Waals surface area contributed by atoms with E-state index in [2.05, 4.69) is 13.5 Å². The molecular weight excluding hydrogens is 304 g/mol. The average Bonchev–Trinajstić information content (AvgIpc) is 3.01. The summed E-state index contributed by atoms with van der Waals surface area (Å²) in [7, 11) is 0. The Balaban J connectivity index is 1.95. The first-order chi connectivity index (χ1) is 11.2. The molecule has 0 spiro atoms. The molecule has 130 valence electrons. The zero-order valence-electron chi connectivity index (χ0n) is 14.7. The molecule has 2 fully saturated rings. The third-order valence-electron chi connectivity index (χ3n) is 6.48. The van der Waals surface area contributed by atoms with E-state index in [1.54, 1.807) is 6.07 Å². The maximum Gasteiger partial charge on any atom is 0.166 e. The SMILES string of the molecule is C=C1C[C@@H](O)[C@H]2C(C)(C)C(=O)CC[C@]2(C)[C@H]1CC(=O)c1ccoc1. The topological polar surface area (TPSA) is 67.5 Å². The van der Waals surface area contributed by atoms with Gasteiger partial charge in [-0.3, -0.25) is 9.59 Å². The number of fused-ring (bicyclic) bond motifs is 1. The molecule has 3 rings (SSSR count). The van der Waals surface area contributed by atoms with Crippen LogP contribution in [0, 0.1) is 22.7 Å². The maximum absolute atomic E-state index is 12.6. The molecule has 0 aliphatic heterocycles. The molecule has 2 saturated carbocycles. The van der Waals surface area contributed by atoms with Crippen molar-refractivity contribution in [2.24, 2.45) is 22.7 Å². The van der Waals surface area contributed by atoms with Gasteiger partial charge in [0.25, 0.3) is 0 Å². The van der Waals surface area contributed by atoms with E-state index < -0.39 is 11.5 Å². The first-order valence-electron chi connectivity index (χ1n) is 8.62. The lowest BCUT2D eigenvalue weighted by molar-refractivity contribution is -0.157. The summed E-state index contributed by atoms with van der Waals surface area (Å²) in [5, 5.41) is 10.7. The monoisotopic (exact) mass is 330 g/mol. The first-order valence-corrected chi connectivity index (χ1v) is 8.62. The van der Waals surface area contributed by atoms with Crippen LogP contribution in [0.5, 0.6) is 0 Å². The Morgan fingerprint density at radius 3 is 2.75 bits per heavy atom. The number of aliphatic hydroxyl groups is 1. The van der Waals surface area contributed by atoms with Crippen molar-refractivity contribution >= 4 is 11.6 Å². The van der Waals surface area contributed by atoms with Crippen molar-refractivity contribution in [3.8, 4) is 0 Å². The van der Waals surface area contributed by atoms with Crippen molar-refractivity contribution in [2.45, 2.75) is 52.6 Å². The number of hydrogen-bond acceptors (Lipinski definition) is 4. The zero-order valence-corrected chi connectivity index (χ0v) is 14.7. The van der Waals surface area contributed by atoms with Crippen LogP contribution in [0.1, 0.15) is 56.8 Å². The molecule has 0 saturated heterocycles. The van der Waals surface area contributed by atoms with Crippen molar-refractivity contribution in [1.29, 1.82) is 0 Å². The molecule has 4 nitrogen and oxygen atoms in total. The van der Waals surface area contributed by atoms with Crippen LogP contribution in [0.2, 0.25) is 0 Å². The molecule has 2 aliphatic rings. The fourth-order valence-electron chi connectivity index (χ4n) is 5.27. The lowest BCUT2D eigenvalue weighted by Gasteiger charge is -2.58. The van der Waals surface area contributed by atoms with Gasteiger partial charge in [-0.1, -0.05) is 32.9 Å². The van der Waals surface area contributed by atoms with E-state index in [0.29, 0.717) is 31.2 Å². The molecule has 1 N–H and O–H groups in total. The normalized spacial score (nSPS) is 35.6. The summed E-state index contributed by atoms with van der Waals surface area (Å²) < 4.78 is 5.02. The molecule has 2 aliphatic carbocycles. The molecule has 1 aromatic heterocycles. The van der Waals surface area contributed by atoms with Crippen LogP contribution in [0.25, 0.3) is 0 Å². The number of hydrogen-bond donors (Lipinski definition) is 1. The largest absolute Gasteiger partial charge is 0.472 e. The Hall–Kier alpha value is -1.68. The number of carbonyl (C=O) groups is 2. The van der Waals surface area contributed by atoms with Crippen LogP contribution in [0.4, 0.5) is 0 Å². The second-order valence-electron chi connectivity index (χ2n) is 8.25. The fourth-order valence-corrected chi connectivity index (χ4v) is 5.27.